The maximum absolute atomic E-state index is 13.3. The van der Waals surface area contributed by atoms with E-state index < -0.39 is 11.9 Å². The summed E-state index contributed by atoms with van der Waals surface area (Å²) in [4.78, 5) is 17.4. The van der Waals surface area contributed by atoms with E-state index in [9.17, 15) is 18.0 Å². The van der Waals surface area contributed by atoms with E-state index >= 15 is 0 Å². The lowest BCUT2D eigenvalue weighted by molar-refractivity contribution is -0.143. The van der Waals surface area contributed by atoms with Crippen LogP contribution in [0.4, 0.5) is 13.2 Å². The van der Waals surface area contributed by atoms with E-state index in [0.29, 0.717) is 49.1 Å². The van der Waals surface area contributed by atoms with Gasteiger partial charge in [0.2, 0.25) is 5.91 Å². The second-order valence-corrected chi connectivity index (χ2v) is 10.8. The van der Waals surface area contributed by atoms with Gasteiger partial charge in [0.15, 0.2) is 5.69 Å². The molecule has 31 heavy (non-hydrogen) atoms. The van der Waals surface area contributed by atoms with Gasteiger partial charge in [-0.15, -0.1) is 0 Å². The molecule has 1 aromatic heterocycles. The Balaban J connectivity index is 1.11. The fraction of sp³-hybridized carbons (Fsp3) is 0.826. The molecule has 0 atom stereocenters. The average Bonchev–Trinajstić information content (AvgIpc) is 3.30. The first kappa shape index (κ1) is 20.1. The Morgan fingerprint density at radius 1 is 0.968 bits per heavy atom. The lowest BCUT2D eigenvalue weighted by atomic mass is 9.52. The fourth-order valence-corrected chi connectivity index (χ4v) is 7.98. The Kier molecular flexibility index (Phi) is 4.51. The molecule has 5 aliphatic carbocycles. The van der Waals surface area contributed by atoms with Crippen molar-refractivity contribution in [3.05, 3.63) is 17.0 Å². The summed E-state index contributed by atoms with van der Waals surface area (Å²) in [6.45, 7) is 3.06. The van der Waals surface area contributed by atoms with E-state index in [1.165, 1.54) is 43.2 Å². The number of hydrogen-bond donors (Lipinski definition) is 0. The van der Waals surface area contributed by atoms with Crippen LogP contribution in [0.3, 0.4) is 0 Å². The van der Waals surface area contributed by atoms with E-state index in [1.807, 2.05) is 4.90 Å². The van der Waals surface area contributed by atoms with Crippen molar-refractivity contribution in [3.63, 3.8) is 0 Å². The highest BCUT2D eigenvalue weighted by molar-refractivity contribution is 5.76. The molecule has 170 valence electrons. The number of rotatable bonds is 3. The third kappa shape index (κ3) is 3.31. The van der Waals surface area contributed by atoms with E-state index in [4.69, 9.17) is 0 Å². The average molecular weight is 437 g/mol. The fourth-order valence-electron chi connectivity index (χ4n) is 7.98. The number of amides is 1. The molecule has 7 rings (SSSR count). The van der Waals surface area contributed by atoms with Gasteiger partial charge in [0, 0.05) is 43.0 Å². The summed E-state index contributed by atoms with van der Waals surface area (Å²) >= 11 is 0. The van der Waals surface area contributed by atoms with Crippen molar-refractivity contribution < 1.29 is 18.0 Å². The van der Waals surface area contributed by atoms with Gasteiger partial charge in [-0.05, 0) is 75.5 Å². The minimum Gasteiger partial charge on any atom is -0.339 e. The molecule has 1 saturated heterocycles. The summed E-state index contributed by atoms with van der Waals surface area (Å²) in [6.07, 6.45) is 5.48. The second-order valence-electron chi connectivity index (χ2n) is 10.8. The van der Waals surface area contributed by atoms with Crippen molar-refractivity contribution in [1.82, 2.24) is 19.6 Å². The summed E-state index contributed by atoms with van der Waals surface area (Å²) in [7, 11) is 0. The van der Waals surface area contributed by atoms with Crippen molar-refractivity contribution >= 4 is 5.91 Å². The van der Waals surface area contributed by atoms with Gasteiger partial charge < -0.3 is 4.90 Å². The Bertz CT molecular complexity index is 849. The lowest BCUT2D eigenvalue weighted by Crippen LogP contribution is -2.64. The number of halogens is 3. The third-order valence-corrected chi connectivity index (χ3v) is 8.87. The zero-order valence-electron chi connectivity index (χ0n) is 18.0. The van der Waals surface area contributed by atoms with Gasteiger partial charge in [0.05, 0.1) is 0 Å². The molecule has 5 nitrogen and oxygen atoms in total. The molecule has 4 saturated carbocycles. The first-order chi connectivity index (χ1) is 14.8. The molecule has 2 heterocycles. The molecule has 1 aromatic rings. The number of carbonyl (C=O) groups excluding carboxylic acids is 1. The van der Waals surface area contributed by atoms with E-state index in [2.05, 4.69) is 10.00 Å². The first-order valence-electron chi connectivity index (χ1n) is 12.0. The first-order valence-corrected chi connectivity index (χ1v) is 12.0. The summed E-state index contributed by atoms with van der Waals surface area (Å²) < 4.78 is 41.3. The van der Waals surface area contributed by atoms with Gasteiger partial charge in [0.1, 0.15) is 6.54 Å². The van der Waals surface area contributed by atoms with Crippen LogP contribution in [0.25, 0.3) is 0 Å². The van der Waals surface area contributed by atoms with Crippen LogP contribution >= 0.6 is 0 Å². The molecule has 1 amide bonds. The Hall–Kier alpha value is -1.57. The number of alkyl halides is 3. The molecule has 8 heteroatoms. The van der Waals surface area contributed by atoms with Gasteiger partial charge in [-0.3, -0.25) is 14.4 Å². The van der Waals surface area contributed by atoms with Gasteiger partial charge in [-0.1, -0.05) is 0 Å². The van der Waals surface area contributed by atoms with Gasteiger partial charge in [-0.2, -0.15) is 18.3 Å². The minimum absolute atomic E-state index is 0.0736. The number of aromatic nitrogens is 2. The largest absolute Gasteiger partial charge is 0.435 e. The summed E-state index contributed by atoms with van der Waals surface area (Å²) in [5, 5.41) is 3.81. The van der Waals surface area contributed by atoms with E-state index in [-0.39, 0.29) is 12.5 Å². The predicted octanol–water partition coefficient (Wildman–Crippen LogP) is 3.50. The molecule has 0 spiro atoms. The van der Waals surface area contributed by atoms with Crippen LogP contribution in [-0.4, -0.2) is 57.2 Å². The third-order valence-electron chi connectivity index (χ3n) is 8.87. The molecule has 6 aliphatic rings. The summed E-state index contributed by atoms with van der Waals surface area (Å²) in [6, 6.07) is 0. The maximum Gasteiger partial charge on any atom is 0.435 e. The van der Waals surface area contributed by atoms with Crippen LogP contribution in [0.2, 0.25) is 0 Å². The van der Waals surface area contributed by atoms with Crippen LogP contribution in [0.1, 0.15) is 61.9 Å². The van der Waals surface area contributed by atoms with Crippen molar-refractivity contribution in [1.29, 1.82) is 0 Å². The van der Waals surface area contributed by atoms with Gasteiger partial charge >= 0.3 is 6.18 Å². The second kappa shape index (κ2) is 6.96. The molecule has 1 aliphatic heterocycles. The number of hydrogen-bond acceptors (Lipinski definition) is 3. The van der Waals surface area contributed by atoms with Crippen molar-refractivity contribution in [2.45, 2.75) is 76.0 Å². The molecular formula is C23H31F3N4O. The van der Waals surface area contributed by atoms with Crippen LogP contribution in [-0.2, 0) is 30.4 Å². The molecule has 0 radical (unpaired) electrons. The quantitative estimate of drug-likeness (QED) is 0.728. The Morgan fingerprint density at radius 3 is 2.16 bits per heavy atom. The maximum atomic E-state index is 13.3. The topological polar surface area (TPSA) is 41.4 Å². The highest BCUT2D eigenvalue weighted by atomic mass is 19.4. The van der Waals surface area contributed by atoms with Crippen LogP contribution in [0.15, 0.2) is 0 Å². The predicted molar refractivity (Wildman–Crippen MR) is 108 cm³/mol. The van der Waals surface area contributed by atoms with Crippen molar-refractivity contribution in [2.24, 2.45) is 17.8 Å². The molecule has 5 fully saturated rings. The van der Waals surface area contributed by atoms with Crippen LogP contribution in [0, 0.1) is 17.8 Å². The van der Waals surface area contributed by atoms with Crippen molar-refractivity contribution in [3.8, 4) is 0 Å². The summed E-state index contributed by atoms with van der Waals surface area (Å²) in [5.74, 6) is 2.60. The van der Waals surface area contributed by atoms with Crippen LogP contribution < -0.4 is 0 Å². The summed E-state index contributed by atoms with van der Waals surface area (Å²) in [5.41, 5.74) is 0.466. The highest BCUT2D eigenvalue weighted by Crippen LogP contribution is 2.57. The molecule has 0 N–H and O–H groups in total. The monoisotopic (exact) mass is 436 g/mol. The highest BCUT2D eigenvalue weighted by Gasteiger charge is 2.53. The molecule has 0 aromatic carbocycles. The number of fused-ring (bicyclic) bond motifs is 1. The van der Waals surface area contributed by atoms with Gasteiger partial charge in [-0.25, -0.2) is 0 Å². The van der Waals surface area contributed by atoms with E-state index in [1.54, 1.807) is 0 Å². The SMILES string of the molecule is O=C(Cn1nc(C(F)(F)F)c2c1CCC2)N1CCN(C23CC4CC(CC(C4)C2)C3)CC1. The Labute approximate surface area is 180 Å². The number of piperazine rings is 1. The standard InChI is InChI=1S/C23H31F3N4O/c24-23(25,26)21-18-2-1-3-19(18)30(27-21)14-20(31)28-4-6-29(7-5-28)22-11-15-8-16(12-22)10-17(9-15)13-22/h15-17H,1-14H2. The molecular weight excluding hydrogens is 405 g/mol. The van der Waals surface area contributed by atoms with Gasteiger partial charge in [0.25, 0.3) is 0 Å². The van der Waals surface area contributed by atoms with E-state index in [0.717, 1.165) is 30.8 Å². The minimum atomic E-state index is -4.45. The van der Waals surface area contributed by atoms with Crippen molar-refractivity contribution in [2.75, 3.05) is 26.2 Å². The zero-order chi connectivity index (χ0) is 21.4. The molecule has 0 unspecified atom stereocenters. The lowest BCUT2D eigenvalue weighted by Gasteiger charge is -2.61. The smallest absolute Gasteiger partial charge is 0.339 e. The zero-order valence-corrected chi connectivity index (χ0v) is 18.0. The normalized spacial score (nSPS) is 35.1. The van der Waals surface area contributed by atoms with Crippen LogP contribution in [0.5, 0.6) is 0 Å². The number of nitrogens with zero attached hydrogens (tertiary/aromatic N) is 4. The molecule has 4 bridgehead atoms. The number of carbonyl (C=O) groups is 1. The Morgan fingerprint density at radius 2 is 1.58 bits per heavy atom.